The Morgan fingerprint density at radius 3 is 2.72 bits per heavy atom. The topological polar surface area (TPSA) is 58.6 Å². The van der Waals surface area contributed by atoms with E-state index in [4.69, 9.17) is 11.2 Å². The molecule has 1 unspecified atom stereocenters. The number of carbonyl (C=O) groups excluding carboxylic acids is 1. The van der Waals surface area contributed by atoms with Gasteiger partial charge in [-0.1, -0.05) is 30.2 Å². The minimum absolute atomic E-state index is 0.109. The van der Waals surface area contributed by atoms with Gasteiger partial charge in [0, 0.05) is 6.54 Å². The quantitative estimate of drug-likeness (QED) is 0.726. The summed E-state index contributed by atoms with van der Waals surface area (Å²) in [6, 6.07) is 13.1. The van der Waals surface area contributed by atoms with Gasteiger partial charge in [-0.3, -0.25) is 4.79 Å². The van der Waals surface area contributed by atoms with Crippen LogP contribution in [-0.2, 0) is 11.2 Å². The molecule has 4 nitrogen and oxygen atoms in total. The van der Waals surface area contributed by atoms with E-state index >= 15 is 0 Å². The molecule has 2 N–H and O–H groups in total. The molecule has 2 rings (SSSR count). The highest BCUT2D eigenvalue weighted by atomic mass is 19.1. The molecule has 0 heterocycles. The Hall–Kier alpha value is -2.84. The molecular formula is C20H20FNO3. The van der Waals surface area contributed by atoms with E-state index in [0.717, 1.165) is 5.56 Å². The number of ether oxygens (including phenoxy) is 1. The van der Waals surface area contributed by atoms with Gasteiger partial charge in [0.1, 0.15) is 18.2 Å². The molecule has 0 aromatic heterocycles. The summed E-state index contributed by atoms with van der Waals surface area (Å²) in [5, 5.41) is 12.7. The molecular weight excluding hydrogens is 321 g/mol. The van der Waals surface area contributed by atoms with Crippen LogP contribution in [0.5, 0.6) is 5.75 Å². The fourth-order valence-electron chi connectivity index (χ4n) is 2.30. The molecule has 0 radical (unpaired) electrons. The first-order valence-electron chi connectivity index (χ1n) is 7.94. The number of rotatable bonds is 8. The number of aliphatic hydroxyl groups is 1. The number of nitrogens with one attached hydrogen (secondary N) is 1. The molecule has 0 aliphatic heterocycles. The van der Waals surface area contributed by atoms with Gasteiger partial charge in [-0.25, -0.2) is 4.39 Å². The Morgan fingerprint density at radius 1 is 1.28 bits per heavy atom. The Kier molecular flexibility index (Phi) is 7.00. The van der Waals surface area contributed by atoms with Crippen LogP contribution < -0.4 is 10.1 Å². The lowest BCUT2D eigenvalue weighted by atomic mass is 10.1. The van der Waals surface area contributed by atoms with Crippen LogP contribution in [0.25, 0.3) is 0 Å². The number of benzene rings is 2. The third-order valence-electron chi connectivity index (χ3n) is 3.59. The first-order valence-corrected chi connectivity index (χ1v) is 7.94. The standard InChI is InChI=1S/C20H20FNO3/c1-2-12-25-18-8-6-15(7-9-18)10-11-22-20(24)14-19(23)16-4-3-5-17(21)13-16/h1,3-9,13,19,23H,10-12,14H2,(H,22,24). The Bertz CT molecular complexity index is 737. The Balaban J connectivity index is 1.74. The van der Waals surface area contributed by atoms with Crippen molar-refractivity contribution >= 4 is 5.91 Å². The van der Waals surface area contributed by atoms with Gasteiger partial charge < -0.3 is 15.2 Å². The molecule has 0 aliphatic carbocycles. The molecule has 0 saturated heterocycles. The second kappa shape index (κ2) is 9.45. The fourth-order valence-corrected chi connectivity index (χ4v) is 2.30. The fraction of sp³-hybridized carbons (Fsp3) is 0.250. The molecule has 0 saturated carbocycles. The van der Waals surface area contributed by atoms with Crippen LogP contribution in [0.4, 0.5) is 4.39 Å². The lowest BCUT2D eigenvalue weighted by Gasteiger charge is -2.11. The zero-order valence-electron chi connectivity index (χ0n) is 13.7. The van der Waals surface area contributed by atoms with E-state index in [2.05, 4.69) is 11.2 Å². The highest BCUT2D eigenvalue weighted by Gasteiger charge is 2.13. The number of aliphatic hydroxyl groups excluding tert-OH is 1. The van der Waals surface area contributed by atoms with E-state index in [0.29, 0.717) is 24.3 Å². The van der Waals surface area contributed by atoms with E-state index in [1.165, 1.54) is 18.2 Å². The Labute approximate surface area is 146 Å². The molecule has 0 bridgehead atoms. The second-order valence-corrected chi connectivity index (χ2v) is 5.51. The van der Waals surface area contributed by atoms with Crippen LogP contribution in [0.2, 0.25) is 0 Å². The van der Waals surface area contributed by atoms with Crippen molar-refractivity contribution < 1.29 is 19.0 Å². The summed E-state index contributed by atoms with van der Waals surface area (Å²) in [6.45, 7) is 0.669. The van der Waals surface area contributed by atoms with Crippen molar-refractivity contribution in [3.05, 3.63) is 65.5 Å². The number of halogens is 1. The van der Waals surface area contributed by atoms with Crippen LogP contribution in [0.3, 0.4) is 0 Å². The minimum atomic E-state index is -1.02. The second-order valence-electron chi connectivity index (χ2n) is 5.51. The first kappa shape index (κ1) is 18.5. The average molecular weight is 341 g/mol. The Morgan fingerprint density at radius 2 is 2.04 bits per heavy atom. The molecule has 5 heteroatoms. The van der Waals surface area contributed by atoms with Crippen LogP contribution in [0.15, 0.2) is 48.5 Å². The van der Waals surface area contributed by atoms with Crippen LogP contribution in [-0.4, -0.2) is 24.2 Å². The maximum absolute atomic E-state index is 13.1. The van der Waals surface area contributed by atoms with Gasteiger partial charge in [0.25, 0.3) is 0 Å². The van der Waals surface area contributed by atoms with Crippen molar-refractivity contribution in [3.63, 3.8) is 0 Å². The summed E-state index contributed by atoms with van der Waals surface area (Å²) in [5.41, 5.74) is 1.43. The largest absolute Gasteiger partial charge is 0.481 e. The van der Waals surface area contributed by atoms with Gasteiger partial charge in [0.05, 0.1) is 12.5 Å². The third kappa shape index (κ3) is 6.28. The van der Waals surface area contributed by atoms with Crippen LogP contribution >= 0.6 is 0 Å². The number of hydrogen-bond acceptors (Lipinski definition) is 3. The lowest BCUT2D eigenvalue weighted by molar-refractivity contribution is -0.123. The molecule has 1 amide bonds. The van der Waals surface area contributed by atoms with Crippen molar-refractivity contribution in [1.29, 1.82) is 0 Å². The van der Waals surface area contributed by atoms with Gasteiger partial charge in [0.2, 0.25) is 5.91 Å². The SMILES string of the molecule is C#CCOc1ccc(CCNC(=O)CC(O)c2cccc(F)c2)cc1. The summed E-state index contributed by atoms with van der Waals surface area (Å²) in [5.74, 6) is 2.37. The van der Waals surface area contributed by atoms with Crippen molar-refractivity contribution in [1.82, 2.24) is 5.32 Å². The van der Waals surface area contributed by atoms with E-state index in [-0.39, 0.29) is 18.9 Å². The van der Waals surface area contributed by atoms with Gasteiger partial charge in [-0.05, 0) is 41.8 Å². The molecule has 0 spiro atoms. The van der Waals surface area contributed by atoms with Crippen molar-refractivity contribution in [2.45, 2.75) is 18.9 Å². The van der Waals surface area contributed by atoms with Crippen molar-refractivity contribution in [2.75, 3.05) is 13.2 Å². The predicted molar refractivity (Wildman–Crippen MR) is 93.5 cm³/mol. The van der Waals surface area contributed by atoms with E-state index in [9.17, 15) is 14.3 Å². The van der Waals surface area contributed by atoms with Gasteiger partial charge in [-0.2, -0.15) is 0 Å². The molecule has 2 aromatic carbocycles. The lowest BCUT2D eigenvalue weighted by Crippen LogP contribution is -2.27. The van der Waals surface area contributed by atoms with E-state index < -0.39 is 11.9 Å². The third-order valence-corrected chi connectivity index (χ3v) is 3.59. The van der Waals surface area contributed by atoms with E-state index in [1.54, 1.807) is 6.07 Å². The zero-order chi connectivity index (χ0) is 18.1. The summed E-state index contributed by atoms with van der Waals surface area (Å²) in [4.78, 5) is 11.9. The minimum Gasteiger partial charge on any atom is -0.481 e. The molecule has 0 fully saturated rings. The number of carbonyl (C=O) groups is 1. The van der Waals surface area contributed by atoms with Gasteiger partial charge in [-0.15, -0.1) is 6.42 Å². The number of amides is 1. The summed E-state index contributed by atoms with van der Waals surface area (Å²) >= 11 is 0. The molecule has 1 atom stereocenters. The monoisotopic (exact) mass is 341 g/mol. The molecule has 0 aliphatic rings. The predicted octanol–water partition coefficient (Wildman–Crippen LogP) is 2.62. The van der Waals surface area contributed by atoms with Gasteiger partial charge in [0.15, 0.2) is 0 Å². The first-order chi connectivity index (χ1) is 12.1. The molecule has 25 heavy (non-hydrogen) atoms. The molecule has 130 valence electrons. The summed E-state index contributed by atoms with van der Waals surface area (Å²) in [6.07, 6.45) is 4.64. The van der Waals surface area contributed by atoms with Gasteiger partial charge >= 0.3 is 0 Å². The smallest absolute Gasteiger partial charge is 0.222 e. The van der Waals surface area contributed by atoms with Crippen LogP contribution in [0, 0.1) is 18.2 Å². The number of terminal acetylenes is 1. The maximum atomic E-state index is 13.1. The average Bonchev–Trinajstić information content (AvgIpc) is 2.61. The van der Waals surface area contributed by atoms with Crippen molar-refractivity contribution in [3.8, 4) is 18.1 Å². The van der Waals surface area contributed by atoms with Crippen LogP contribution in [0.1, 0.15) is 23.7 Å². The highest BCUT2D eigenvalue weighted by Crippen LogP contribution is 2.17. The normalized spacial score (nSPS) is 11.4. The summed E-state index contributed by atoms with van der Waals surface area (Å²) in [7, 11) is 0. The van der Waals surface area contributed by atoms with E-state index in [1.807, 2.05) is 24.3 Å². The summed E-state index contributed by atoms with van der Waals surface area (Å²) < 4.78 is 18.4. The zero-order valence-corrected chi connectivity index (χ0v) is 13.7. The highest BCUT2D eigenvalue weighted by molar-refractivity contribution is 5.76. The number of hydrogen-bond donors (Lipinski definition) is 2. The molecule has 2 aromatic rings. The maximum Gasteiger partial charge on any atom is 0.222 e. The van der Waals surface area contributed by atoms with Crippen molar-refractivity contribution in [2.24, 2.45) is 0 Å².